The molecule has 1 amide bonds. The third kappa shape index (κ3) is 5.99. The quantitative estimate of drug-likeness (QED) is 0.794. The molecule has 0 aliphatic carbocycles. The number of nitrogens with one attached hydrogen (secondary N) is 2. The summed E-state index contributed by atoms with van der Waals surface area (Å²) in [6.45, 7) is 11.5. The van der Waals surface area contributed by atoms with Crippen molar-refractivity contribution in [3.8, 4) is 0 Å². The van der Waals surface area contributed by atoms with Gasteiger partial charge in [-0.2, -0.15) is 0 Å². The first kappa shape index (κ1) is 20.7. The smallest absolute Gasteiger partial charge is 0.251 e. The van der Waals surface area contributed by atoms with Crippen molar-refractivity contribution in [1.29, 1.82) is 0 Å². The second kappa shape index (κ2) is 7.96. The van der Waals surface area contributed by atoms with E-state index in [2.05, 4.69) is 42.6 Å². The monoisotopic (exact) mass is 381 g/mol. The number of sulfonamides is 1. The van der Waals surface area contributed by atoms with Gasteiger partial charge in [-0.05, 0) is 50.3 Å². The lowest BCUT2D eigenvalue weighted by atomic mass is 9.88. The minimum absolute atomic E-state index is 0.138. The molecular formula is C19H31N3O3S. The summed E-state index contributed by atoms with van der Waals surface area (Å²) in [6, 6.07) is 6.52. The van der Waals surface area contributed by atoms with Crippen molar-refractivity contribution in [1.82, 2.24) is 10.2 Å². The Kier molecular flexibility index (Phi) is 6.34. The summed E-state index contributed by atoms with van der Waals surface area (Å²) < 4.78 is 25.1. The molecule has 0 radical (unpaired) electrons. The van der Waals surface area contributed by atoms with Crippen LogP contribution in [0.25, 0.3) is 0 Å². The fraction of sp³-hybridized carbons (Fsp3) is 0.632. The van der Waals surface area contributed by atoms with E-state index in [4.69, 9.17) is 0 Å². The van der Waals surface area contributed by atoms with E-state index in [1.165, 1.54) is 6.42 Å². The molecule has 0 bridgehead atoms. The van der Waals surface area contributed by atoms with Gasteiger partial charge in [0.05, 0.1) is 6.26 Å². The van der Waals surface area contributed by atoms with Crippen molar-refractivity contribution in [2.45, 2.75) is 39.7 Å². The number of amides is 1. The Hall–Kier alpha value is -1.60. The highest BCUT2D eigenvalue weighted by Gasteiger charge is 2.32. The van der Waals surface area contributed by atoms with Crippen LogP contribution in [-0.4, -0.2) is 50.7 Å². The van der Waals surface area contributed by atoms with Gasteiger partial charge in [0.25, 0.3) is 5.91 Å². The van der Waals surface area contributed by atoms with Crippen LogP contribution in [0.5, 0.6) is 0 Å². The maximum absolute atomic E-state index is 12.5. The molecule has 146 valence electrons. The number of benzene rings is 1. The van der Waals surface area contributed by atoms with Crippen LogP contribution < -0.4 is 10.0 Å². The zero-order chi connectivity index (χ0) is 19.5. The van der Waals surface area contributed by atoms with Crippen LogP contribution in [0.1, 0.15) is 44.5 Å². The van der Waals surface area contributed by atoms with Crippen molar-refractivity contribution < 1.29 is 13.2 Å². The minimum atomic E-state index is -3.37. The number of nitrogens with zero attached hydrogens (tertiary/aromatic N) is 1. The molecule has 0 spiro atoms. The van der Waals surface area contributed by atoms with Gasteiger partial charge in [-0.1, -0.05) is 19.9 Å². The van der Waals surface area contributed by atoms with Gasteiger partial charge in [-0.3, -0.25) is 14.4 Å². The van der Waals surface area contributed by atoms with E-state index in [-0.39, 0.29) is 11.4 Å². The van der Waals surface area contributed by atoms with E-state index in [1.807, 2.05) is 0 Å². The number of rotatable bonds is 6. The molecule has 7 heteroatoms. The van der Waals surface area contributed by atoms with Gasteiger partial charge in [0.15, 0.2) is 0 Å². The summed E-state index contributed by atoms with van der Waals surface area (Å²) in [4.78, 5) is 15.0. The van der Waals surface area contributed by atoms with Crippen molar-refractivity contribution >= 4 is 21.6 Å². The predicted octanol–water partition coefficient (Wildman–Crippen LogP) is 2.54. The van der Waals surface area contributed by atoms with Crippen molar-refractivity contribution in [3.05, 3.63) is 29.8 Å². The van der Waals surface area contributed by atoms with Gasteiger partial charge >= 0.3 is 0 Å². The first-order valence-electron chi connectivity index (χ1n) is 9.07. The first-order valence-corrected chi connectivity index (χ1v) is 11.0. The van der Waals surface area contributed by atoms with E-state index in [0.717, 1.165) is 19.3 Å². The fourth-order valence-electron chi connectivity index (χ4n) is 3.61. The first-order chi connectivity index (χ1) is 12.0. The van der Waals surface area contributed by atoms with Crippen LogP contribution in [0.4, 0.5) is 5.69 Å². The SMILES string of the molecule is CC1CC(C)CN(C(C)(C)CNC(=O)c2cccc(NS(C)(=O)=O)c2)C1. The maximum Gasteiger partial charge on any atom is 0.251 e. The van der Waals surface area contributed by atoms with E-state index < -0.39 is 10.0 Å². The van der Waals surface area contributed by atoms with E-state index in [0.29, 0.717) is 29.6 Å². The number of likely N-dealkylation sites (tertiary alicyclic amines) is 1. The summed E-state index contributed by atoms with van der Waals surface area (Å²) in [5, 5.41) is 3.00. The molecule has 0 aromatic heterocycles. The molecule has 1 heterocycles. The van der Waals surface area contributed by atoms with Gasteiger partial charge in [0, 0.05) is 36.4 Å². The molecule has 0 saturated carbocycles. The summed E-state index contributed by atoms with van der Waals surface area (Å²) in [7, 11) is -3.37. The Bertz CT molecular complexity index is 736. The Balaban J connectivity index is 2.00. The number of anilines is 1. The average molecular weight is 382 g/mol. The third-order valence-electron chi connectivity index (χ3n) is 4.83. The average Bonchev–Trinajstić information content (AvgIpc) is 2.50. The lowest BCUT2D eigenvalue weighted by Gasteiger charge is -2.45. The topological polar surface area (TPSA) is 78.5 Å². The third-order valence-corrected chi connectivity index (χ3v) is 5.44. The van der Waals surface area contributed by atoms with Gasteiger partial charge < -0.3 is 5.32 Å². The summed E-state index contributed by atoms with van der Waals surface area (Å²) >= 11 is 0. The van der Waals surface area contributed by atoms with Crippen molar-refractivity contribution in [2.75, 3.05) is 30.6 Å². The zero-order valence-electron chi connectivity index (χ0n) is 16.4. The summed E-state index contributed by atoms with van der Waals surface area (Å²) in [5.74, 6) is 1.12. The Labute approximate surface area is 157 Å². The second-order valence-electron chi connectivity index (χ2n) is 8.30. The highest BCUT2D eigenvalue weighted by Crippen LogP contribution is 2.27. The Morgan fingerprint density at radius 1 is 1.23 bits per heavy atom. The summed E-state index contributed by atoms with van der Waals surface area (Å²) in [5.41, 5.74) is 0.689. The standard InChI is InChI=1S/C19H31N3O3S/c1-14-9-15(2)12-22(11-14)19(3,4)13-20-18(23)16-7-6-8-17(10-16)21-26(5,24)25/h6-8,10,14-15,21H,9,11-13H2,1-5H3,(H,20,23). The Morgan fingerprint density at radius 2 is 1.85 bits per heavy atom. The van der Waals surface area contributed by atoms with Crippen LogP contribution in [0.2, 0.25) is 0 Å². The molecule has 1 saturated heterocycles. The number of piperidine rings is 1. The van der Waals surface area contributed by atoms with Crippen LogP contribution >= 0.6 is 0 Å². The van der Waals surface area contributed by atoms with Crippen LogP contribution in [0.15, 0.2) is 24.3 Å². The highest BCUT2D eigenvalue weighted by atomic mass is 32.2. The molecule has 2 unspecified atom stereocenters. The second-order valence-corrected chi connectivity index (χ2v) is 10.0. The van der Waals surface area contributed by atoms with Gasteiger partial charge in [0.1, 0.15) is 0 Å². The number of carbonyl (C=O) groups excluding carboxylic acids is 1. The molecule has 1 fully saturated rings. The predicted molar refractivity (Wildman–Crippen MR) is 106 cm³/mol. The highest BCUT2D eigenvalue weighted by molar-refractivity contribution is 7.92. The van der Waals surface area contributed by atoms with Crippen molar-refractivity contribution in [3.63, 3.8) is 0 Å². The molecule has 2 rings (SSSR count). The van der Waals surface area contributed by atoms with E-state index in [1.54, 1.807) is 24.3 Å². The lowest BCUT2D eigenvalue weighted by Crippen LogP contribution is -2.56. The molecule has 1 aliphatic heterocycles. The van der Waals surface area contributed by atoms with Gasteiger partial charge in [-0.15, -0.1) is 0 Å². The summed E-state index contributed by atoms with van der Waals surface area (Å²) in [6.07, 6.45) is 2.34. The molecule has 26 heavy (non-hydrogen) atoms. The minimum Gasteiger partial charge on any atom is -0.350 e. The molecular weight excluding hydrogens is 350 g/mol. The zero-order valence-corrected chi connectivity index (χ0v) is 17.2. The number of carbonyl (C=O) groups is 1. The maximum atomic E-state index is 12.5. The van der Waals surface area contributed by atoms with Crippen LogP contribution in [0, 0.1) is 11.8 Å². The largest absolute Gasteiger partial charge is 0.350 e. The number of hydrogen-bond acceptors (Lipinski definition) is 4. The molecule has 2 N–H and O–H groups in total. The van der Waals surface area contributed by atoms with Gasteiger partial charge in [-0.25, -0.2) is 8.42 Å². The molecule has 2 atom stereocenters. The van der Waals surface area contributed by atoms with Gasteiger partial charge in [0.2, 0.25) is 10.0 Å². The molecule has 6 nitrogen and oxygen atoms in total. The van der Waals surface area contributed by atoms with E-state index >= 15 is 0 Å². The van der Waals surface area contributed by atoms with E-state index in [9.17, 15) is 13.2 Å². The fourth-order valence-corrected chi connectivity index (χ4v) is 4.16. The molecule has 1 aliphatic rings. The molecule has 1 aromatic rings. The normalized spacial score (nSPS) is 22.0. The van der Waals surface area contributed by atoms with Crippen LogP contribution in [0.3, 0.4) is 0 Å². The molecule has 1 aromatic carbocycles. The Morgan fingerprint density at radius 3 is 2.42 bits per heavy atom. The lowest BCUT2D eigenvalue weighted by molar-refractivity contribution is 0.0445. The van der Waals surface area contributed by atoms with Crippen LogP contribution in [-0.2, 0) is 10.0 Å². The van der Waals surface area contributed by atoms with Crippen molar-refractivity contribution in [2.24, 2.45) is 11.8 Å². The number of hydrogen-bond donors (Lipinski definition) is 2.